The summed E-state index contributed by atoms with van der Waals surface area (Å²) in [5.74, 6) is -0.452. The third kappa shape index (κ3) is 6.12. The van der Waals surface area contributed by atoms with Crippen molar-refractivity contribution < 1.29 is 17.6 Å². The van der Waals surface area contributed by atoms with E-state index >= 15 is 0 Å². The lowest BCUT2D eigenvalue weighted by Gasteiger charge is -2.33. The van der Waals surface area contributed by atoms with Gasteiger partial charge < -0.3 is 5.32 Å². The van der Waals surface area contributed by atoms with Crippen LogP contribution in [0.1, 0.15) is 37.4 Å². The van der Waals surface area contributed by atoms with Gasteiger partial charge in [-0.2, -0.15) is 4.31 Å². The van der Waals surface area contributed by atoms with Crippen LogP contribution in [0.15, 0.2) is 53.4 Å². The van der Waals surface area contributed by atoms with E-state index in [1.54, 1.807) is 24.3 Å². The van der Waals surface area contributed by atoms with Gasteiger partial charge >= 0.3 is 0 Å². The second-order valence-electron chi connectivity index (χ2n) is 7.91. The van der Waals surface area contributed by atoms with E-state index in [0.29, 0.717) is 31.1 Å². The van der Waals surface area contributed by atoms with Gasteiger partial charge in [0.2, 0.25) is 15.9 Å². The molecule has 0 aromatic heterocycles. The van der Waals surface area contributed by atoms with Crippen molar-refractivity contribution in [2.45, 2.75) is 37.6 Å². The first-order chi connectivity index (χ1) is 14.8. The molecule has 1 heterocycles. The third-order valence-electron chi connectivity index (χ3n) is 5.55. The number of rotatable bonds is 8. The Balaban J connectivity index is 1.50. The summed E-state index contributed by atoms with van der Waals surface area (Å²) in [4.78, 5) is 14.6. The van der Waals surface area contributed by atoms with Crippen LogP contribution in [0, 0.1) is 5.82 Å². The van der Waals surface area contributed by atoms with E-state index in [2.05, 4.69) is 12.2 Å². The van der Waals surface area contributed by atoms with Gasteiger partial charge in [0.1, 0.15) is 5.82 Å². The Morgan fingerprint density at radius 2 is 1.65 bits per heavy atom. The Labute approximate surface area is 184 Å². The number of benzene rings is 2. The maximum atomic E-state index is 13.1. The molecular weight excluding hydrogens is 417 g/mol. The van der Waals surface area contributed by atoms with Gasteiger partial charge in [-0.1, -0.05) is 37.6 Å². The van der Waals surface area contributed by atoms with Crippen LogP contribution >= 0.6 is 0 Å². The van der Waals surface area contributed by atoms with Crippen LogP contribution in [0.4, 0.5) is 4.39 Å². The fraction of sp³-hybridized carbons (Fsp3) is 0.435. The Morgan fingerprint density at radius 1 is 1.03 bits per heavy atom. The molecule has 1 fully saturated rings. The average Bonchev–Trinajstić information content (AvgIpc) is 2.75. The van der Waals surface area contributed by atoms with Crippen LogP contribution in [0.3, 0.4) is 0 Å². The maximum Gasteiger partial charge on any atom is 0.243 e. The van der Waals surface area contributed by atoms with E-state index < -0.39 is 10.0 Å². The summed E-state index contributed by atoms with van der Waals surface area (Å²) in [5.41, 5.74) is 1.96. The zero-order valence-corrected chi connectivity index (χ0v) is 18.9. The summed E-state index contributed by atoms with van der Waals surface area (Å²) in [6.45, 7) is 5.82. The molecule has 2 aromatic rings. The molecule has 2 aromatic carbocycles. The van der Waals surface area contributed by atoms with Crippen LogP contribution in [0.25, 0.3) is 0 Å². The fourth-order valence-electron chi connectivity index (χ4n) is 3.72. The minimum Gasteiger partial charge on any atom is -0.348 e. The highest BCUT2D eigenvalue weighted by Crippen LogP contribution is 2.19. The summed E-state index contributed by atoms with van der Waals surface area (Å²) in [7, 11) is -3.53. The second-order valence-corrected chi connectivity index (χ2v) is 9.85. The number of aryl methyl sites for hydroxylation is 1. The largest absolute Gasteiger partial charge is 0.348 e. The fourth-order valence-corrected chi connectivity index (χ4v) is 5.14. The summed E-state index contributed by atoms with van der Waals surface area (Å²) in [5, 5.41) is 2.91. The van der Waals surface area contributed by atoms with E-state index in [0.717, 1.165) is 24.0 Å². The van der Waals surface area contributed by atoms with Crippen molar-refractivity contribution in [1.29, 1.82) is 0 Å². The van der Waals surface area contributed by atoms with Gasteiger partial charge in [-0.3, -0.25) is 9.69 Å². The first kappa shape index (κ1) is 23.4. The smallest absolute Gasteiger partial charge is 0.243 e. The van der Waals surface area contributed by atoms with E-state index in [4.69, 9.17) is 0 Å². The minimum atomic E-state index is -3.53. The molecule has 0 radical (unpaired) electrons. The van der Waals surface area contributed by atoms with Crippen molar-refractivity contribution in [1.82, 2.24) is 14.5 Å². The molecule has 0 unspecified atom stereocenters. The number of piperazine rings is 1. The van der Waals surface area contributed by atoms with Crippen molar-refractivity contribution in [2.75, 3.05) is 32.7 Å². The summed E-state index contributed by atoms with van der Waals surface area (Å²) in [6, 6.07) is 12.9. The monoisotopic (exact) mass is 447 g/mol. The number of carbonyl (C=O) groups excluding carboxylic acids is 1. The molecule has 1 atom stereocenters. The lowest BCUT2D eigenvalue weighted by atomic mass is 10.1. The normalized spacial score (nSPS) is 16.7. The molecule has 8 heteroatoms. The molecule has 0 aliphatic carbocycles. The van der Waals surface area contributed by atoms with Crippen LogP contribution in [0.5, 0.6) is 0 Å². The Kier molecular flexibility index (Phi) is 7.80. The van der Waals surface area contributed by atoms with Crippen LogP contribution in [-0.4, -0.2) is 56.3 Å². The number of hydrogen-bond donors (Lipinski definition) is 1. The molecule has 1 amide bonds. The number of carbonyl (C=O) groups is 1. The third-order valence-corrected chi connectivity index (χ3v) is 7.46. The quantitative estimate of drug-likeness (QED) is 0.676. The number of halogens is 1. The zero-order valence-electron chi connectivity index (χ0n) is 18.1. The number of amides is 1. The van der Waals surface area contributed by atoms with Gasteiger partial charge in [-0.25, -0.2) is 12.8 Å². The van der Waals surface area contributed by atoms with E-state index in [-0.39, 0.29) is 24.3 Å². The number of sulfonamides is 1. The first-order valence-corrected chi connectivity index (χ1v) is 12.1. The minimum absolute atomic E-state index is 0.139. The van der Waals surface area contributed by atoms with Gasteiger partial charge in [-0.15, -0.1) is 0 Å². The van der Waals surface area contributed by atoms with Crippen LogP contribution < -0.4 is 5.32 Å². The van der Waals surface area contributed by atoms with Crippen molar-refractivity contribution in [3.63, 3.8) is 0 Å². The molecule has 0 bridgehead atoms. The molecule has 3 rings (SSSR count). The molecule has 1 N–H and O–H groups in total. The molecule has 1 saturated heterocycles. The van der Waals surface area contributed by atoms with E-state index in [1.165, 1.54) is 16.4 Å². The highest BCUT2D eigenvalue weighted by Gasteiger charge is 2.29. The molecular formula is C23H30FN3O3S. The molecule has 0 spiro atoms. The second kappa shape index (κ2) is 10.3. The lowest BCUT2D eigenvalue weighted by molar-refractivity contribution is -0.123. The van der Waals surface area contributed by atoms with Crippen molar-refractivity contribution in [2.24, 2.45) is 0 Å². The van der Waals surface area contributed by atoms with Gasteiger partial charge in [-0.05, 0) is 48.7 Å². The predicted molar refractivity (Wildman–Crippen MR) is 119 cm³/mol. The Morgan fingerprint density at radius 3 is 2.23 bits per heavy atom. The first-order valence-electron chi connectivity index (χ1n) is 10.7. The van der Waals surface area contributed by atoms with Gasteiger partial charge in [0.25, 0.3) is 0 Å². The van der Waals surface area contributed by atoms with Crippen molar-refractivity contribution in [3.8, 4) is 0 Å². The topological polar surface area (TPSA) is 69.7 Å². The Hall–Kier alpha value is -2.29. The number of nitrogens with one attached hydrogen (secondary N) is 1. The summed E-state index contributed by atoms with van der Waals surface area (Å²) >= 11 is 0. The highest BCUT2D eigenvalue weighted by atomic mass is 32.2. The van der Waals surface area contributed by atoms with E-state index in [9.17, 15) is 17.6 Å². The predicted octanol–water partition coefficient (Wildman–Crippen LogP) is 2.96. The summed E-state index contributed by atoms with van der Waals surface area (Å²) < 4.78 is 40.4. The molecule has 31 heavy (non-hydrogen) atoms. The molecule has 1 aliphatic heterocycles. The highest BCUT2D eigenvalue weighted by molar-refractivity contribution is 7.89. The molecule has 0 saturated carbocycles. The molecule has 6 nitrogen and oxygen atoms in total. The summed E-state index contributed by atoms with van der Waals surface area (Å²) in [6.07, 6.45) is 1.95. The van der Waals surface area contributed by atoms with Gasteiger partial charge in [0.05, 0.1) is 17.5 Å². The Bertz CT molecular complexity index is 970. The van der Waals surface area contributed by atoms with Crippen molar-refractivity contribution in [3.05, 3.63) is 65.5 Å². The SMILES string of the molecule is CCCc1ccc(S(=O)(=O)N2CCN(CC(=O)N[C@@H](C)c3ccc(F)cc3)CC2)cc1. The average molecular weight is 448 g/mol. The number of nitrogens with zero attached hydrogens (tertiary/aromatic N) is 2. The zero-order chi connectivity index (χ0) is 22.4. The lowest BCUT2D eigenvalue weighted by Crippen LogP contribution is -2.51. The maximum absolute atomic E-state index is 13.1. The van der Waals surface area contributed by atoms with Crippen LogP contribution in [0.2, 0.25) is 0 Å². The van der Waals surface area contributed by atoms with Gasteiger partial charge in [0.15, 0.2) is 0 Å². The van der Waals surface area contributed by atoms with Crippen LogP contribution in [-0.2, 0) is 21.2 Å². The number of hydrogen-bond acceptors (Lipinski definition) is 4. The van der Waals surface area contributed by atoms with Crippen molar-refractivity contribution >= 4 is 15.9 Å². The standard InChI is InChI=1S/C23H30FN3O3S/c1-3-4-19-5-11-22(12-6-19)31(29,30)27-15-13-26(14-16-27)17-23(28)25-18(2)20-7-9-21(24)10-8-20/h5-12,18H,3-4,13-17H2,1-2H3,(H,25,28)/t18-/m0/s1. The molecule has 1 aliphatic rings. The molecule has 168 valence electrons. The van der Waals surface area contributed by atoms with E-state index in [1.807, 2.05) is 24.0 Å². The van der Waals surface area contributed by atoms with Gasteiger partial charge in [0, 0.05) is 26.2 Å².